The highest BCUT2D eigenvalue weighted by Crippen LogP contribution is 2.24. The number of hydrogen-bond donors (Lipinski definition) is 3. The van der Waals surface area contributed by atoms with E-state index in [4.69, 9.17) is 21.3 Å². The molecule has 6 heteroatoms. The lowest BCUT2D eigenvalue weighted by atomic mass is 10.1. The molecule has 6 nitrogen and oxygen atoms in total. The monoisotopic (exact) mass is 481 g/mol. The van der Waals surface area contributed by atoms with Crippen molar-refractivity contribution in [2.45, 2.75) is 32.4 Å². The van der Waals surface area contributed by atoms with Gasteiger partial charge in [0.2, 0.25) is 0 Å². The molecule has 1 fully saturated rings. The fourth-order valence-corrected chi connectivity index (χ4v) is 4.43. The Balaban J connectivity index is 1.43. The molecule has 0 saturated carbocycles. The zero-order valence-electron chi connectivity index (χ0n) is 20.9. The summed E-state index contributed by atoms with van der Waals surface area (Å²) < 4.78 is 6.25. The number of piperidine rings is 1. The number of amidine groups is 2. The van der Waals surface area contributed by atoms with Crippen LogP contribution < -0.4 is 15.4 Å². The van der Waals surface area contributed by atoms with Crippen molar-refractivity contribution in [1.82, 2.24) is 4.90 Å². The molecule has 0 bridgehead atoms. The first-order chi connectivity index (χ1) is 17.5. The molecule has 186 valence electrons. The Labute approximate surface area is 214 Å². The van der Waals surface area contributed by atoms with Gasteiger partial charge in [-0.3, -0.25) is 10.8 Å². The summed E-state index contributed by atoms with van der Waals surface area (Å²) in [5, 5.41) is 15.5. The van der Waals surface area contributed by atoms with Crippen LogP contribution in [0.25, 0.3) is 6.08 Å². The Morgan fingerprint density at radius 1 is 1.00 bits per heavy atom. The highest BCUT2D eigenvalue weighted by Gasteiger charge is 2.20. The average molecular weight is 482 g/mol. The van der Waals surface area contributed by atoms with Crippen LogP contribution in [0.1, 0.15) is 36.5 Å². The molecular formula is C30H35N5O. The molecule has 4 rings (SSSR count). The van der Waals surface area contributed by atoms with Gasteiger partial charge in [-0.2, -0.15) is 0 Å². The van der Waals surface area contributed by atoms with Crippen molar-refractivity contribution >= 4 is 23.4 Å². The van der Waals surface area contributed by atoms with Crippen LogP contribution in [0.2, 0.25) is 0 Å². The molecule has 4 N–H and O–H groups in total. The SMILES string of the molecule is CC(=N)N1CCC(Oc2ccc(N(CC=Cc3cccc(C(=N)N)c3)Cc3ccccc3)cc2)CC1. The number of rotatable bonds is 9. The highest BCUT2D eigenvalue weighted by atomic mass is 16.5. The zero-order valence-corrected chi connectivity index (χ0v) is 20.9. The number of nitrogen functional groups attached to an aromatic ring is 1. The summed E-state index contributed by atoms with van der Waals surface area (Å²) in [6.07, 6.45) is 6.29. The molecule has 1 saturated heterocycles. The van der Waals surface area contributed by atoms with Crippen molar-refractivity contribution in [2.75, 3.05) is 24.5 Å². The van der Waals surface area contributed by atoms with Crippen LogP contribution in [0.5, 0.6) is 5.75 Å². The van der Waals surface area contributed by atoms with Gasteiger partial charge in [0.1, 0.15) is 17.7 Å². The lowest BCUT2D eigenvalue weighted by Gasteiger charge is -2.33. The first-order valence-electron chi connectivity index (χ1n) is 12.4. The second-order valence-corrected chi connectivity index (χ2v) is 9.19. The maximum Gasteiger partial charge on any atom is 0.122 e. The quantitative estimate of drug-likeness (QED) is 0.277. The van der Waals surface area contributed by atoms with E-state index in [-0.39, 0.29) is 11.9 Å². The number of anilines is 1. The molecule has 1 aliphatic heterocycles. The maximum absolute atomic E-state index is 7.81. The van der Waals surface area contributed by atoms with Gasteiger partial charge in [-0.05, 0) is 48.4 Å². The van der Waals surface area contributed by atoms with Gasteiger partial charge in [-0.1, -0.05) is 60.7 Å². The third-order valence-corrected chi connectivity index (χ3v) is 6.47. The van der Waals surface area contributed by atoms with Crippen LogP contribution >= 0.6 is 0 Å². The van der Waals surface area contributed by atoms with E-state index in [1.54, 1.807) is 0 Å². The summed E-state index contributed by atoms with van der Waals surface area (Å²) in [4.78, 5) is 4.43. The van der Waals surface area contributed by atoms with Gasteiger partial charge in [0, 0.05) is 50.3 Å². The van der Waals surface area contributed by atoms with Gasteiger partial charge in [-0.15, -0.1) is 0 Å². The van der Waals surface area contributed by atoms with Crippen LogP contribution in [0, 0.1) is 10.8 Å². The highest BCUT2D eigenvalue weighted by molar-refractivity contribution is 5.95. The fourth-order valence-electron chi connectivity index (χ4n) is 4.43. The minimum atomic E-state index is 0.0775. The third kappa shape index (κ3) is 6.98. The molecule has 0 unspecified atom stereocenters. The van der Waals surface area contributed by atoms with Crippen molar-refractivity contribution in [2.24, 2.45) is 5.73 Å². The molecular weight excluding hydrogens is 446 g/mol. The van der Waals surface area contributed by atoms with E-state index in [9.17, 15) is 0 Å². The molecule has 0 aromatic heterocycles. The first kappa shape index (κ1) is 25.0. The molecule has 3 aromatic carbocycles. The lowest BCUT2D eigenvalue weighted by Crippen LogP contribution is -2.40. The smallest absolute Gasteiger partial charge is 0.122 e. The normalized spacial score (nSPS) is 14.1. The van der Waals surface area contributed by atoms with E-state index in [1.165, 1.54) is 5.56 Å². The molecule has 3 aromatic rings. The van der Waals surface area contributed by atoms with Crippen molar-refractivity contribution in [3.63, 3.8) is 0 Å². The first-order valence-corrected chi connectivity index (χ1v) is 12.4. The molecule has 0 aliphatic carbocycles. The minimum Gasteiger partial charge on any atom is -0.490 e. The summed E-state index contributed by atoms with van der Waals surface area (Å²) in [5.41, 5.74) is 9.77. The fraction of sp³-hybridized carbons (Fsp3) is 0.267. The average Bonchev–Trinajstić information content (AvgIpc) is 2.90. The van der Waals surface area contributed by atoms with Gasteiger partial charge in [-0.25, -0.2) is 0 Å². The number of nitrogens with one attached hydrogen (secondary N) is 2. The summed E-state index contributed by atoms with van der Waals surface area (Å²) in [7, 11) is 0. The van der Waals surface area contributed by atoms with E-state index in [1.807, 2.05) is 37.3 Å². The van der Waals surface area contributed by atoms with E-state index in [2.05, 4.69) is 70.5 Å². The zero-order chi connectivity index (χ0) is 25.3. The van der Waals surface area contributed by atoms with E-state index in [0.717, 1.165) is 61.6 Å². The third-order valence-electron chi connectivity index (χ3n) is 6.47. The summed E-state index contributed by atoms with van der Waals surface area (Å²) >= 11 is 0. The Kier molecular flexibility index (Phi) is 8.40. The predicted molar refractivity (Wildman–Crippen MR) is 149 cm³/mol. The molecule has 0 atom stereocenters. The summed E-state index contributed by atoms with van der Waals surface area (Å²) in [6, 6.07) is 26.6. The van der Waals surface area contributed by atoms with Gasteiger partial charge in [0.15, 0.2) is 0 Å². The van der Waals surface area contributed by atoms with Crippen LogP contribution in [0.15, 0.2) is 84.9 Å². The van der Waals surface area contributed by atoms with Crippen LogP contribution in [0.3, 0.4) is 0 Å². The van der Waals surface area contributed by atoms with Crippen LogP contribution in [-0.2, 0) is 6.54 Å². The van der Waals surface area contributed by atoms with Crippen molar-refractivity contribution in [1.29, 1.82) is 10.8 Å². The van der Waals surface area contributed by atoms with Crippen LogP contribution in [0.4, 0.5) is 5.69 Å². The van der Waals surface area contributed by atoms with Gasteiger partial charge in [0.25, 0.3) is 0 Å². The van der Waals surface area contributed by atoms with Crippen molar-refractivity contribution in [3.05, 3.63) is 102 Å². The topological polar surface area (TPSA) is 89.4 Å². The molecule has 0 radical (unpaired) electrons. The molecule has 0 amide bonds. The second-order valence-electron chi connectivity index (χ2n) is 9.19. The Hall–Kier alpha value is -4.06. The lowest BCUT2D eigenvalue weighted by molar-refractivity contribution is 0.130. The van der Waals surface area contributed by atoms with Gasteiger partial charge < -0.3 is 20.3 Å². The van der Waals surface area contributed by atoms with Crippen molar-refractivity contribution < 1.29 is 4.74 Å². The minimum absolute atomic E-state index is 0.0775. The molecule has 36 heavy (non-hydrogen) atoms. The maximum atomic E-state index is 7.81. The molecule has 1 heterocycles. The number of ether oxygens (including phenoxy) is 1. The number of benzene rings is 3. The van der Waals surface area contributed by atoms with Gasteiger partial charge in [0.05, 0.1) is 5.84 Å². The Bertz CT molecular complexity index is 1180. The Morgan fingerprint density at radius 3 is 2.39 bits per heavy atom. The van der Waals surface area contributed by atoms with E-state index >= 15 is 0 Å². The Morgan fingerprint density at radius 2 is 1.72 bits per heavy atom. The van der Waals surface area contributed by atoms with Gasteiger partial charge >= 0.3 is 0 Å². The summed E-state index contributed by atoms with van der Waals surface area (Å²) in [6.45, 7) is 5.13. The van der Waals surface area contributed by atoms with Crippen LogP contribution in [-0.4, -0.2) is 42.3 Å². The largest absolute Gasteiger partial charge is 0.490 e. The van der Waals surface area contributed by atoms with E-state index in [0.29, 0.717) is 5.84 Å². The number of nitrogens with zero attached hydrogens (tertiary/aromatic N) is 2. The number of hydrogen-bond acceptors (Lipinski definition) is 4. The summed E-state index contributed by atoms with van der Waals surface area (Å²) in [5.74, 6) is 1.60. The number of likely N-dealkylation sites (tertiary alicyclic amines) is 1. The molecule has 0 spiro atoms. The number of nitrogens with two attached hydrogens (primary N) is 1. The van der Waals surface area contributed by atoms with Crippen molar-refractivity contribution in [3.8, 4) is 5.75 Å². The predicted octanol–water partition coefficient (Wildman–Crippen LogP) is 5.53. The van der Waals surface area contributed by atoms with E-state index < -0.39 is 0 Å². The second kappa shape index (κ2) is 12.1. The molecule has 1 aliphatic rings. The standard InChI is InChI=1S/C30H35N5O/c1-23(31)34-19-16-29(17-20-34)36-28-14-12-27(13-15-28)35(22-25-7-3-2-4-8-25)18-6-10-24-9-5-11-26(21-24)30(32)33/h2-15,21,29,31H,16-20,22H2,1H3,(H3,32,33).